The zero-order valence-corrected chi connectivity index (χ0v) is 19.8. The molecule has 1 aliphatic rings. The van der Waals surface area contributed by atoms with Crippen molar-refractivity contribution < 1.29 is 33.2 Å². The van der Waals surface area contributed by atoms with Crippen molar-refractivity contribution >= 4 is 11.0 Å². The molecule has 15 heteroatoms. The average Bonchev–Trinajstić information content (AvgIpc) is 3.62. The summed E-state index contributed by atoms with van der Waals surface area (Å²) in [6.45, 7) is -0.615. The molecular formula is C24H19F3N8O4. The van der Waals surface area contributed by atoms with Crippen molar-refractivity contribution in [1.29, 1.82) is 0 Å². The molecule has 3 aromatic heterocycles. The van der Waals surface area contributed by atoms with E-state index in [1.165, 1.54) is 12.5 Å². The zero-order valence-electron chi connectivity index (χ0n) is 19.8. The number of rotatable bonds is 5. The van der Waals surface area contributed by atoms with Crippen LogP contribution in [0.3, 0.4) is 0 Å². The summed E-state index contributed by atoms with van der Waals surface area (Å²) in [6.07, 6.45) is 0.402. The molecule has 200 valence electrons. The SMILES string of the molecule is OC[C@H]1O[C@@H](c2nncn2-c2ccc3nccnc3c2)[C@H](O)[C@@H](n2cc(-c3cc(F)c(F)c(F)c3)nn2)[C@H]1O. The van der Waals surface area contributed by atoms with Gasteiger partial charge < -0.3 is 20.1 Å². The Hall–Kier alpha value is -4.31. The predicted octanol–water partition coefficient (Wildman–Crippen LogP) is 1.28. The third-order valence-corrected chi connectivity index (χ3v) is 6.55. The largest absolute Gasteiger partial charge is 0.394 e. The highest BCUT2D eigenvalue weighted by molar-refractivity contribution is 5.76. The molecule has 5 aromatic rings. The highest BCUT2D eigenvalue weighted by Crippen LogP contribution is 2.38. The highest BCUT2D eigenvalue weighted by Gasteiger charge is 2.48. The number of aliphatic hydroxyl groups excluding tert-OH is 3. The normalized spacial score (nSPS) is 23.4. The average molecular weight is 540 g/mol. The molecular weight excluding hydrogens is 521 g/mol. The molecule has 1 saturated heterocycles. The maximum absolute atomic E-state index is 13.8. The lowest BCUT2D eigenvalue weighted by molar-refractivity contribution is -0.210. The van der Waals surface area contributed by atoms with Crippen molar-refractivity contribution in [2.24, 2.45) is 0 Å². The number of aliphatic hydroxyl groups is 3. The number of ether oxygens (including phenoxy) is 1. The molecule has 0 spiro atoms. The van der Waals surface area contributed by atoms with Crippen LogP contribution in [0.4, 0.5) is 13.2 Å². The lowest BCUT2D eigenvalue weighted by atomic mass is 9.92. The maximum atomic E-state index is 13.8. The van der Waals surface area contributed by atoms with Crippen molar-refractivity contribution in [3.8, 4) is 16.9 Å². The van der Waals surface area contributed by atoms with Gasteiger partial charge in [-0.05, 0) is 30.3 Å². The second-order valence-corrected chi connectivity index (χ2v) is 8.88. The first kappa shape index (κ1) is 25.0. The summed E-state index contributed by atoms with van der Waals surface area (Å²) in [7, 11) is 0. The first-order valence-corrected chi connectivity index (χ1v) is 11.7. The number of hydrogen-bond donors (Lipinski definition) is 3. The van der Waals surface area contributed by atoms with Gasteiger partial charge in [-0.1, -0.05) is 5.21 Å². The smallest absolute Gasteiger partial charge is 0.194 e. The second kappa shape index (κ2) is 9.77. The monoisotopic (exact) mass is 540 g/mol. The summed E-state index contributed by atoms with van der Waals surface area (Å²) >= 11 is 0. The van der Waals surface area contributed by atoms with Gasteiger partial charge in [-0.2, -0.15) is 0 Å². The van der Waals surface area contributed by atoms with E-state index in [2.05, 4.69) is 30.5 Å². The lowest BCUT2D eigenvalue weighted by Gasteiger charge is -2.41. The molecule has 39 heavy (non-hydrogen) atoms. The fraction of sp³-hybridized carbons (Fsp3) is 0.250. The van der Waals surface area contributed by atoms with Crippen molar-refractivity contribution in [2.45, 2.75) is 30.5 Å². The first-order chi connectivity index (χ1) is 18.9. The summed E-state index contributed by atoms with van der Waals surface area (Å²) in [5.41, 5.74) is 1.70. The molecule has 0 amide bonds. The van der Waals surface area contributed by atoms with Gasteiger partial charge in [0, 0.05) is 18.0 Å². The van der Waals surface area contributed by atoms with Gasteiger partial charge in [-0.15, -0.1) is 15.3 Å². The topological polar surface area (TPSA) is 157 Å². The van der Waals surface area contributed by atoms with Crippen molar-refractivity contribution in [2.75, 3.05) is 6.61 Å². The number of aromatic nitrogens is 8. The van der Waals surface area contributed by atoms with Gasteiger partial charge in [0.2, 0.25) is 0 Å². The number of nitrogens with zero attached hydrogens (tertiary/aromatic N) is 8. The summed E-state index contributed by atoms with van der Waals surface area (Å²) < 4.78 is 49.4. The third kappa shape index (κ3) is 4.30. The lowest BCUT2D eigenvalue weighted by Crippen LogP contribution is -2.53. The van der Waals surface area contributed by atoms with Gasteiger partial charge in [0.15, 0.2) is 23.3 Å². The molecule has 1 fully saturated rings. The van der Waals surface area contributed by atoms with Crippen LogP contribution in [0.1, 0.15) is 18.0 Å². The van der Waals surface area contributed by atoms with Gasteiger partial charge in [0.25, 0.3) is 0 Å². The van der Waals surface area contributed by atoms with Crippen LogP contribution in [0.2, 0.25) is 0 Å². The predicted molar refractivity (Wildman–Crippen MR) is 126 cm³/mol. The van der Waals surface area contributed by atoms with Crippen LogP contribution in [0.25, 0.3) is 28.0 Å². The summed E-state index contributed by atoms with van der Waals surface area (Å²) in [5, 5.41) is 48.0. The molecule has 0 radical (unpaired) electrons. The molecule has 2 aromatic carbocycles. The van der Waals surface area contributed by atoms with Crippen LogP contribution >= 0.6 is 0 Å². The van der Waals surface area contributed by atoms with E-state index in [1.54, 1.807) is 35.2 Å². The highest BCUT2D eigenvalue weighted by atomic mass is 19.2. The molecule has 3 N–H and O–H groups in total. The molecule has 0 aliphatic carbocycles. The van der Waals surface area contributed by atoms with Crippen molar-refractivity contribution in [3.63, 3.8) is 0 Å². The fourth-order valence-corrected chi connectivity index (χ4v) is 4.62. The van der Waals surface area contributed by atoms with Gasteiger partial charge in [-0.3, -0.25) is 14.5 Å². The quantitative estimate of drug-likeness (QED) is 0.278. The maximum Gasteiger partial charge on any atom is 0.194 e. The van der Waals surface area contributed by atoms with E-state index in [-0.39, 0.29) is 17.1 Å². The fourth-order valence-electron chi connectivity index (χ4n) is 4.62. The van der Waals surface area contributed by atoms with E-state index in [1.807, 2.05) is 0 Å². The Balaban J connectivity index is 1.37. The zero-order chi connectivity index (χ0) is 27.3. The minimum absolute atomic E-state index is 0.0452. The van der Waals surface area contributed by atoms with Crippen LogP contribution in [-0.2, 0) is 4.74 Å². The first-order valence-electron chi connectivity index (χ1n) is 11.7. The standard InChI is InChI=1S/C24H19F3N8O4/c25-13-5-11(6-14(26)19(13)27)17-8-35(33-31-17)20-21(37)18(9-36)39-23(22(20)38)24-32-30-10-34(24)12-1-2-15-16(7-12)29-4-3-28-15/h1-8,10,18,20-23,36-38H,9H2/t18-,20+,21+,22-,23-/m1/s1. The summed E-state index contributed by atoms with van der Waals surface area (Å²) in [6, 6.07) is 5.51. The minimum Gasteiger partial charge on any atom is -0.394 e. The number of benzene rings is 2. The third-order valence-electron chi connectivity index (χ3n) is 6.55. The van der Waals surface area contributed by atoms with Crippen LogP contribution in [0.5, 0.6) is 0 Å². The molecule has 5 atom stereocenters. The molecule has 0 unspecified atom stereocenters. The summed E-state index contributed by atoms with van der Waals surface area (Å²) in [5.74, 6) is -4.29. The van der Waals surface area contributed by atoms with Gasteiger partial charge in [0.1, 0.15) is 42.5 Å². The van der Waals surface area contributed by atoms with Crippen LogP contribution in [0.15, 0.2) is 55.2 Å². The molecule has 6 rings (SSSR count). The van der Waals surface area contributed by atoms with Gasteiger partial charge in [-0.25, -0.2) is 17.9 Å². The Kier molecular flexibility index (Phi) is 6.26. The Morgan fingerprint density at radius 1 is 0.923 bits per heavy atom. The Bertz CT molecular complexity index is 1640. The second-order valence-electron chi connectivity index (χ2n) is 8.88. The Morgan fingerprint density at radius 3 is 2.41 bits per heavy atom. The Morgan fingerprint density at radius 2 is 1.67 bits per heavy atom. The van der Waals surface area contributed by atoms with Crippen LogP contribution in [-0.4, -0.2) is 80.0 Å². The molecule has 12 nitrogen and oxygen atoms in total. The van der Waals surface area contributed by atoms with E-state index in [0.717, 1.165) is 16.8 Å². The molecule has 4 heterocycles. The number of hydrogen-bond acceptors (Lipinski definition) is 10. The molecule has 0 saturated carbocycles. The van der Waals surface area contributed by atoms with E-state index < -0.39 is 54.5 Å². The molecule has 1 aliphatic heterocycles. The van der Waals surface area contributed by atoms with Crippen molar-refractivity contribution in [1.82, 2.24) is 39.7 Å². The van der Waals surface area contributed by atoms with Crippen molar-refractivity contribution in [3.05, 3.63) is 78.5 Å². The van der Waals surface area contributed by atoms with E-state index in [0.29, 0.717) is 16.7 Å². The van der Waals surface area contributed by atoms with E-state index in [9.17, 15) is 28.5 Å². The number of halogens is 3. The summed E-state index contributed by atoms with van der Waals surface area (Å²) in [4.78, 5) is 8.53. The minimum atomic E-state index is -1.63. The number of fused-ring (bicyclic) bond motifs is 1. The van der Waals surface area contributed by atoms with Crippen LogP contribution < -0.4 is 0 Å². The Labute approximate surface area is 217 Å². The van der Waals surface area contributed by atoms with Crippen LogP contribution in [0, 0.1) is 17.5 Å². The van der Waals surface area contributed by atoms with E-state index in [4.69, 9.17) is 4.74 Å². The van der Waals surface area contributed by atoms with E-state index >= 15 is 0 Å². The molecule has 0 bridgehead atoms. The van der Waals surface area contributed by atoms with Gasteiger partial charge >= 0.3 is 0 Å². The van der Waals surface area contributed by atoms with Gasteiger partial charge in [0.05, 0.1) is 29.5 Å².